The summed E-state index contributed by atoms with van der Waals surface area (Å²) >= 11 is 3.11. The highest BCUT2D eigenvalue weighted by Gasteiger charge is 2.26. The minimum atomic E-state index is -0.433. The summed E-state index contributed by atoms with van der Waals surface area (Å²) in [5, 5.41) is 2.93. The zero-order chi connectivity index (χ0) is 13.8. The number of carbonyl (C=O) groups is 1. The van der Waals surface area contributed by atoms with Crippen LogP contribution in [0.5, 0.6) is 0 Å². The fraction of sp³-hybridized carbons (Fsp3) is 0.500. The lowest BCUT2D eigenvalue weighted by Crippen LogP contribution is -2.44. The molecule has 0 aromatic heterocycles. The summed E-state index contributed by atoms with van der Waals surface area (Å²) in [6.07, 6.45) is 4.60. The first-order valence-corrected chi connectivity index (χ1v) is 7.37. The van der Waals surface area contributed by atoms with Crippen molar-refractivity contribution in [3.63, 3.8) is 0 Å². The van der Waals surface area contributed by atoms with Gasteiger partial charge in [-0.15, -0.1) is 0 Å². The van der Waals surface area contributed by atoms with Gasteiger partial charge in [0, 0.05) is 12.6 Å². The molecule has 1 fully saturated rings. The van der Waals surface area contributed by atoms with Gasteiger partial charge in [0.05, 0.1) is 10.0 Å². The normalized spacial score (nSPS) is 17.4. The van der Waals surface area contributed by atoms with Crippen LogP contribution in [0.15, 0.2) is 22.7 Å². The molecule has 0 saturated heterocycles. The zero-order valence-electron chi connectivity index (χ0n) is 10.7. The molecular formula is C14H18BrFN2O. The predicted molar refractivity (Wildman–Crippen MR) is 76.4 cm³/mol. The third-order valence-electron chi connectivity index (χ3n) is 3.74. The first kappa shape index (κ1) is 14.5. The van der Waals surface area contributed by atoms with Gasteiger partial charge in [0.2, 0.25) is 0 Å². The minimum absolute atomic E-state index is 0.0230. The molecule has 0 heterocycles. The highest BCUT2D eigenvalue weighted by molar-refractivity contribution is 9.10. The molecule has 0 aliphatic heterocycles. The first-order chi connectivity index (χ1) is 9.13. The maximum Gasteiger partial charge on any atom is 0.252 e. The van der Waals surface area contributed by atoms with Gasteiger partial charge in [-0.3, -0.25) is 4.79 Å². The maximum atomic E-state index is 13.4. The quantitative estimate of drug-likeness (QED) is 0.892. The number of amides is 1. The second kappa shape index (κ2) is 6.48. The number of nitrogens with one attached hydrogen (secondary N) is 1. The van der Waals surface area contributed by atoms with Crippen molar-refractivity contribution in [1.82, 2.24) is 5.32 Å². The van der Waals surface area contributed by atoms with Crippen molar-refractivity contribution in [2.24, 2.45) is 11.7 Å². The van der Waals surface area contributed by atoms with Crippen molar-refractivity contribution in [3.8, 4) is 0 Å². The van der Waals surface area contributed by atoms with Crippen molar-refractivity contribution >= 4 is 21.8 Å². The Morgan fingerprint density at radius 3 is 2.79 bits per heavy atom. The third-order valence-corrected chi connectivity index (χ3v) is 4.54. The molecule has 19 heavy (non-hydrogen) atoms. The highest BCUT2D eigenvalue weighted by Crippen LogP contribution is 2.28. The van der Waals surface area contributed by atoms with Crippen LogP contribution in [0.1, 0.15) is 36.0 Å². The Morgan fingerprint density at radius 2 is 2.16 bits per heavy atom. The van der Waals surface area contributed by atoms with Crippen molar-refractivity contribution in [1.29, 1.82) is 0 Å². The summed E-state index contributed by atoms with van der Waals surface area (Å²) in [4.78, 5) is 12.2. The number of halogens is 2. The monoisotopic (exact) mass is 328 g/mol. The standard InChI is InChI=1S/C14H18BrFN2O/c15-13-10(6-3-7-11(13)16)14(19)18-12(8-17)9-4-1-2-5-9/h3,6-7,9,12H,1-2,4-5,8,17H2,(H,18,19). The highest BCUT2D eigenvalue weighted by atomic mass is 79.9. The van der Waals surface area contributed by atoms with Crippen molar-refractivity contribution in [3.05, 3.63) is 34.1 Å². The summed E-state index contributed by atoms with van der Waals surface area (Å²) in [7, 11) is 0. The second-order valence-electron chi connectivity index (χ2n) is 4.96. The van der Waals surface area contributed by atoms with Gasteiger partial charge in [-0.1, -0.05) is 18.9 Å². The number of carbonyl (C=O) groups excluding carboxylic acids is 1. The van der Waals surface area contributed by atoms with Crippen molar-refractivity contribution in [2.45, 2.75) is 31.7 Å². The number of rotatable bonds is 4. The number of hydrogen-bond donors (Lipinski definition) is 2. The zero-order valence-corrected chi connectivity index (χ0v) is 12.2. The average Bonchev–Trinajstić information content (AvgIpc) is 2.92. The van der Waals surface area contributed by atoms with E-state index >= 15 is 0 Å². The summed E-state index contributed by atoms with van der Waals surface area (Å²) in [6.45, 7) is 0.420. The van der Waals surface area contributed by atoms with Crippen LogP contribution >= 0.6 is 15.9 Å². The fourth-order valence-electron chi connectivity index (χ4n) is 2.65. The number of benzene rings is 1. The van der Waals surface area contributed by atoms with Crippen LogP contribution in [0.3, 0.4) is 0 Å². The lowest BCUT2D eigenvalue weighted by atomic mass is 9.98. The molecule has 1 aromatic carbocycles. The van der Waals surface area contributed by atoms with Gasteiger partial charge >= 0.3 is 0 Å². The van der Waals surface area contributed by atoms with Gasteiger partial charge in [0.1, 0.15) is 5.82 Å². The van der Waals surface area contributed by atoms with E-state index in [9.17, 15) is 9.18 Å². The van der Waals surface area contributed by atoms with Crippen molar-refractivity contribution < 1.29 is 9.18 Å². The molecule has 1 aliphatic rings. The second-order valence-corrected chi connectivity index (χ2v) is 5.75. The Hall–Kier alpha value is -0.940. The molecule has 0 bridgehead atoms. The Balaban J connectivity index is 2.08. The molecule has 1 aliphatic carbocycles. The van der Waals surface area contributed by atoms with Gasteiger partial charge in [0.15, 0.2) is 0 Å². The minimum Gasteiger partial charge on any atom is -0.348 e. The summed E-state index contributed by atoms with van der Waals surface area (Å²) in [5.74, 6) is -0.257. The Kier molecular flexibility index (Phi) is 4.93. The molecule has 0 spiro atoms. The molecule has 1 amide bonds. The van der Waals surface area contributed by atoms with E-state index in [0.29, 0.717) is 18.0 Å². The number of nitrogens with two attached hydrogens (primary N) is 1. The van der Waals surface area contributed by atoms with Crippen LogP contribution in [0.4, 0.5) is 4.39 Å². The molecule has 1 unspecified atom stereocenters. The van der Waals surface area contributed by atoms with Gasteiger partial charge in [-0.2, -0.15) is 0 Å². The molecule has 2 rings (SSSR count). The van der Waals surface area contributed by atoms with E-state index in [4.69, 9.17) is 5.73 Å². The van der Waals surface area contributed by atoms with E-state index in [1.807, 2.05) is 0 Å². The lowest BCUT2D eigenvalue weighted by molar-refractivity contribution is 0.0923. The Morgan fingerprint density at radius 1 is 1.47 bits per heavy atom. The van der Waals surface area contributed by atoms with Crippen LogP contribution in [0.25, 0.3) is 0 Å². The molecular weight excluding hydrogens is 311 g/mol. The van der Waals surface area contributed by atoms with Crippen LogP contribution in [0.2, 0.25) is 0 Å². The van der Waals surface area contributed by atoms with Gasteiger partial charge in [-0.25, -0.2) is 4.39 Å². The van der Waals surface area contributed by atoms with Crippen LogP contribution in [0, 0.1) is 11.7 Å². The third kappa shape index (κ3) is 3.34. The van der Waals surface area contributed by atoms with E-state index in [-0.39, 0.29) is 16.4 Å². The Labute approximate surface area is 120 Å². The SMILES string of the molecule is NCC(NC(=O)c1cccc(F)c1Br)C1CCCC1. The lowest BCUT2D eigenvalue weighted by Gasteiger charge is -2.23. The molecule has 5 heteroatoms. The number of hydrogen-bond acceptors (Lipinski definition) is 2. The summed E-state index contributed by atoms with van der Waals surface area (Å²) in [5.41, 5.74) is 6.06. The average molecular weight is 329 g/mol. The van der Waals surface area contributed by atoms with Crippen molar-refractivity contribution in [2.75, 3.05) is 6.54 Å². The molecule has 1 atom stereocenters. The van der Waals surface area contributed by atoms with E-state index in [1.165, 1.54) is 25.0 Å². The van der Waals surface area contributed by atoms with Gasteiger partial charge < -0.3 is 11.1 Å². The maximum absolute atomic E-state index is 13.4. The molecule has 1 aromatic rings. The molecule has 0 radical (unpaired) electrons. The van der Waals surface area contributed by atoms with Crippen LogP contribution in [-0.4, -0.2) is 18.5 Å². The Bertz CT molecular complexity index is 461. The smallest absolute Gasteiger partial charge is 0.252 e. The fourth-order valence-corrected chi connectivity index (χ4v) is 3.10. The molecule has 3 N–H and O–H groups in total. The van der Waals surface area contributed by atoms with Gasteiger partial charge in [0.25, 0.3) is 5.91 Å². The largest absolute Gasteiger partial charge is 0.348 e. The first-order valence-electron chi connectivity index (χ1n) is 6.58. The van der Waals surface area contributed by atoms with E-state index in [1.54, 1.807) is 6.07 Å². The van der Waals surface area contributed by atoms with Gasteiger partial charge in [-0.05, 0) is 46.8 Å². The summed E-state index contributed by atoms with van der Waals surface area (Å²) in [6, 6.07) is 4.43. The molecule has 3 nitrogen and oxygen atoms in total. The van der Waals surface area contributed by atoms with E-state index < -0.39 is 5.82 Å². The van der Waals surface area contributed by atoms with Crippen LogP contribution < -0.4 is 11.1 Å². The summed E-state index contributed by atoms with van der Waals surface area (Å²) < 4.78 is 13.6. The molecule has 1 saturated carbocycles. The topological polar surface area (TPSA) is 55.1 Å². The van der Waals surface area contributed by atoms with E-state index in [0.717, 1.165) is 12.8 Å². The van der Waals surface area contributed by atoms with E-state index in [2.05, 4.69) is 21.2 Å². The molecule has 104 valence electrons. The predicted octanol–water partition coefficient (Wildman–Crippen LogP) is 2.84. The van der Waals surface area contributed by atoms with Crippen LogP contribution in [-0.2, 0) is 0 Å².